The van der Waals surface area contributed by atoms with E-state index in [0.717, 1.165) is 32.9 Å². The van der Waals surface area contributed by atoms with Crippen molar-refractivity contribution in [2.24, 2.45) is 0 Å². The number of nitrogens with zero attached hydrogens (tertiary/aromatic N) is 6. The molecule has 0 aliphatic carbocycles. The number of pyridine rings is 1. The molecule has 1 unspecified atom stereocenters. The van der Waals surface area contributed by atoms with Gasteiger partial charge in [0.1, 0.15) is 29.4 Å². The fourth-order valence-corrected chi connectivity index (χ4v) is 7.17. The number of piperidine rings is 1. The largest absolute Gasteiger partial charge is 0.416 e. The van der Waals surface area contributed by atoms with Crippen molar-refractivity contribution in [1.82, 2.24) is 30.7 Å². The molecule has 63 heavy (non-hydrogen) atoms. The van der Waals surface area contributed by atoms with Crippen molar-refractivity contribution in [2.45, 2.75) is 57.3 Å². The lowest BCUT2D eigenvalue weighted by Gasteiger charge is -2.28. The Hall–Kier alpha value is -7.76. The fourth-order valence-electron chi connectivity index (χ4n) is 7.17. The summed E-state index contributed by atoms with van der Waals surface area (Å²) in [5, 5.41) is 18.4. The van der Waals surface area contributed by atoms with Gasteiger partial charge in [-0.15, -0.1) is 10.2 Å². The van der Waals surface area contributed by atoms with E-state index in [-0.39, 0.29) is 78.1 Å². The normalized spacial score (nSPS) is 17.1. The molecule has 0 bridgehead atoms. The molecule has 0 radical (unpaired) electrons. The molecular formula is C42H36F4N10O7. The number of aromatic nitrogens is 3. The number of unbranched alkanes of at least 4 members (excludes halogenated alkanes) is 1. The number of fused-ring (bicyclic) bond motifs is 1. The standard InChI is InChI=1S/C42H36F4N10O7/c1-23-20-24(42(44,45)46)21-33(49-23)55-31(22-48-41(55)63)39(61)54(27-13-10-25(43)11-14-27)19-5-6-26-12-16-32(53-52-26)50-34(57)9-2-3-18-47-29-8-4-7-28-36(29)40(62)56(38(28)60)30-15-17-35(58)51-37(30)59/h4,7-8,10-14,16,20-21,30-31,47H,2-3,9,15,17-19,22H2,1H3,(H,48,63)(H,50,53,57)(H,51,58,59)/t30?,31-/m0/s1. The van der Waals surface area contributed by atoms with E-state index in [2.05, 4.69) is 48.3 Å². The Morgan fingerprint density at radius 2 is 1.73 bits per heavy atom. The van der Waals surface area contributed by atoms with E-state index in [0.29, 0.717) is 31.1 Å². The highest BCUT2D eigenvalue weighted by Gasteiger charge is 2.46. The zero-order valence-electron chi connectivity index (χ0n) is 33.2. The minimum Gasteiger partial charge on any atom is -0.384 e. The van der Waals surface area contributed by atoms with Crippen LogP contribution >= 0.6 is 0 Å². The molecule has 7 rings (SSSR count). The van der Waals surface area contributed by atoms with E-state index in [4.69, 9.17) is 0 Å². The summed E-state index contributed by atoms with van der Waals surface area (Å²) >= 11 is 0. The number of hydrogen-bond acceptors (Lipinski definition) is 11. The first-order valence-electron chi connectivity index (χ1n) is 19.5. The first kappa shape index (κ1) is 43.3. The predicted octanol–water partition coefficient (Wildman–Crippen LogP) is 3.94. The van der Waals surface area contributed by atoms with Crippen molar-refractivity contribution < 1.29 is 51.1 Å². The predicted molar refractivity (Wildman–Crippen MR) is 215 cm³/mol. The number of imide groups is 2. The summed E-state index contributed by atoms with van der Waals surface area (Å²) in [6.45, 7) is 1.11. The SMILES string of the molecule is Cc1cc(C(F)(F)F)cc(N2C(=O)NC[C@H]2C(=O)N(CC#Cc2ccc(NC(=O)CCCCNc3cccc4c3C(=O)N(C3CCC(=O)NC3=O)C4=O)nn2)c2ccc(F)cc2)n1. The molecule has 3 aliphatic heterocycles. The number of amides is 8. The third-order valence-corrected chi connectivity index (χ3v) is 10.2. The van der Waals surface area contributed by atoms with Crippen LogP contribution in [0.25, 0.3) is 0 Å². The Morgan fingerprint density at radius 3 is 2.44 bits per heavy atom. The third kappa shape index (κ3) is 9.59. The molecule has 17 nitrogen and oxygen atoms in total. The lowest BCUT2D eigenvalue weighted by Crippen LogP contribution is -2.54. The van der Waals surface area contributed by atoms with Gasteiger partial charge in [-0.05, 0) is 92.8 Å². The number of alkyl halides is 3. The molecule has 324 valence electrons. The molecule has 0 spiro atoms. The molecule has 5 heterocycles. The molecule has 2 aromatic carbocycles. The van der Waals surface area contributed by atoms with Crippen LogP contribution in [0.15, 0.2) is 66.7 Å². The number of urea groups is 1. The van der Waals surface area contributed by atoms with Gasteiger partial charge in [0.15, 0.2) is 5.82 Å². The first-order chi connectivity index (χ1) is 30.1. The summed E-state index contributed by atoms with van der Waals surface area (Å²) in [5.74, 6) is 1.18. The Bertz CT molecular complexity index is 2580. The van der Waals surface area contributed by atoms with Crippen LogP contribution in [-0.4, -0.2) is 93.3 Å². The zero-order chi connectivity index (χ0) is 45.0. The van der Waals surface area contributed by atoms with Crippen LogP contribution in [0.1, 0.15) is 69.8 Å². The first-order valence-corrected chi connectivity index (χ1v) is 19.5. The molecule has 3 aliphatic rings. The van der Waals surface area contributed by atoms with Crippen molar-refractivity contribution in [2.75, 3.05) is 40.1 Å². The van der Waals surface area contributed by atoms with E-state index in [1.807, 2.05) is 0 Å². The van der Waals surface area contributed by atoms with Gasteiger partial charge >= 0.3 is 12.2 Å². The van der Waals surface area contributed by atoms with Gasteiger partial charge in [0.2, 0.25) is 17.7 Å². The van der Waals surface area contributed by atoms with Crippen LogP contribution in [0, 0.1) is 24.6 Å². The number of anilines is 4. The van der Waals surface area contributed by atoms with Crippen LogP contribution in [0.5, 0.6) is 0 Å². The van der Waals surface area contributed by atoms with Crippen LogP contribution < -0.4 is 31.1 Å². The number of aryl methyl sites for hydroxylation is 1. The van der Waals surface area contributed by atoms with Gasteiger partial charge in [-0.1, -0.05) is 12.0 Å². The van der Waals surface area contributed by atoms with Crippen LogP contribution in [0.2, 0.25) is 0 Å². The Balaban J connectivity index is 0.926. The zero-order valence-corrected chi connectivity index (χ0v) is 33.2. The maximum absolute atomic E-state index is 14.0. The molecule has 8 amide bonds. The lowest BCUT2D eigenvalue weighted by atomic mass is 10.0. The second kappa shape index (κ2) is 18.1. The van der Waals surface area contributed by atoms with E-state index in [1.54, 1.807) is 12.1 Å². The topological polar surface area (TPSA) is 216 Å². The molecule has 0 saturated carbocycles. The molecule has 2 atom stereocenters. The van der Waals surface area contributed by atoms with Crippen molar-refractivity contribution in [3.63, 3.8) is 0 Å². The van der Waals surface area contributed by atoms with Gasteiger partial charge in [0.25, 0.3) is 17.7 Å². The van der Waals surface area contributed by atoms with Gasteiger partial charge in [0, 0.05) is 43.0 Å². The molecule has 2 aromatic heterocycles. The maximum atomic E-state index is 14.0. The van der Waals surface area contributed by atoms with E-state index >= 15 is 0 Å². The fraction of sp³-hybridized carbons (Fsp3) is 0.286. The van der Waals surface area contributed by atoms with Crippen molar-refractivity contribution >= 4 is 64.5 Å². The number of hydrogen-bond donors (Lipinski definition) is 4. The van der Waals surface area contributed by atoms with Gasteiger partial charge in [-0.3, -0.25) is 48.8 Å². The minimum absolute atomic E-state index is 0.00509. The van der Waals surface area contributed by atoms with Gasteiger partial charge in [-0.2, -0.15) is 13.2 Å². The van der Waals surface area contributed by atoms with Crippen LogP contribution in [0.4, 0.5) is 45.4 Å². The Kier molecular flexibility index (Phi) is 12.4. The van der Waals surface area contributed by atoms with Crippen LogP contribution in [-0.2, 0) is 25.4 Å². The van der Waals surface area contributed by atoms with Gasteiger partial charge in [-0.25, -0.2) is 14.2 Å². The molecule has 2 saturated heterocycles. The summed E-state index contributed by atoms with van der Waals surface area (Å²) in [6, 6.07) is 10.7. The summed E-state index contributed by atoms with van der Waals surface area (Å²) in [7, 11) is 0. The Morgan fingerprint density at radius 1 is 0.952 bits per heavy atom. The number of halogens is 4. The van der Waals surface area contributed by atoms with Crippen molar-refractivity contribution in [3.05, 3.63) is 101 Å². The second-order valence-corrected chi connectivity index (χ2v) is 14.5. The van der Waals surface area contributed by atoms with Crippen molar-refractivity contribution in [1.29, 1.82) is 0 Å². The number of rotatable bonds is 12. The third-order valence-electron chi connectivity index (χ3n) is 10.2. The lowest BCUT2D eigenvalue weighted by molar-refractivity contribution is -0.138. The second-order valence-electron chi connectivity index (χ2n) is 14.5. The smallest absolute Gasteiger partial charge is 0.384 e. The summed E-state index contributed by atoms with van der Waals surface area (Å²) in [5.41, 5.74) is -0.0620. The Labute approximate surface area is 355 Å². The monoisotopic (exact) mass is 868 g/mol. The summed E-state index contributed by atoms with van der Waals surface area (Å²) < 4.78 is 54.7. The molecule has 2 fully saturated rings. The number of benzene rings is 2. The summed E-state index contributed by atoms with van der Waals surface area (Å²) in [6.07, 6.45) is -3.66. The molecule has 21 heteroatoms. The highest BCUT2D eigenvalue weighted by molar-refractivity contribution is 6.25. The highest BCUT2D eigenvalue weighted by atomic mass is 19.4. The van der Waals surface area contributed by atoms with E-state index in [1.165, 1.54) is 37.3 Å². The van der Waals surface area contributed by atoms with Crippen LogP contribution in [0.3, 0.4) is 0 Å². The highest BCUT2D eigenvalue weighted by Crippen LogP contribution is 2.34. The minimum atomic E-state index is -4.74. The molecule has 4 N–H and O–H groups in total. The van der Waals surface area contributed by atoms with E-state index in [9.17, 15) is 51.1 Å². The average molecular weight is 869 g/mol. The molecule has 4 aromatic rings. The van der Waals surface area contributed by atoms with Gasteiger partial charge in [0.05, 0.1) is 23.2 Å². The summed E-state index contributed by atoms with van der Waals surface area (Å²) in [4.78, 5) is 96.9. The van der Waals surface area contributed by atoms with E-state index < -0.39 is 65.2 Å². The van der Waals surface area contributed by atoms with Crippen molar-refractivity contribution in [3.8, 4) is 11.8 Å². The number of carbonyl (C=O) groups excluding carboxylic acids is 7. The number of carbonyl (C=O) groups is 7. The maximum Gasteiger partial charge on any atom is 0.416 e. The molecular weight excluding hydrogens is 833 g/mol. The average Bonchev–Trinajstić information content (AvgIpc) is 3.75. The quantitative estimate of drug-likeness (QED) is 0.0693. The van der Waals surface area contributed by atoms with Gasteiger partial charge < -0.3 is 16.0 Å². The number of nitrogens with one attached hydrogen (secondary N) is 4.